The standard InChI is InChI=1S/C23H21ClN4O3/c24-18-8-5-17(6-9-18)23(31)28-13-11-16(12-14-28)21(29)26-27-22(30)20-10-7-15-3-1-2-4-19(15)25-20/h1-10,16H,11-14H2,(H,26,29)(H,27,30). The van der Waals surface area contributed by atoms with Crippen molar-refractivity contribution in [3.05, 3.63) is 76.9 Å². The summed E-state index contributed by atoms with van der Waals surface area (Å²) in [6, 6.07) is 17.7. The number of hydrazine groups is 1. The lowest BCUT2D eigenvalue weighted by Gasteiger charge is -2.31. The summed E-state index contributed by atoms with van der Waals surface area (Å²) in [5.41, 5.74) is 6.42. The number of rotatable bonds is 3. The molecular weight excluding hydrogens is 416 g/mol. The van der Waals surface area contributed by atoms with E-state index in [1.165, 1.54) is 0 Å². The highest BCUT2D eigenvalue weighted by atomic mass is 35.5. The Kier molecular flexibility index (Phi) is 6.13. The van der Waals surface area contributed by atoms with E-state index in [1.807, 2.05) is 30.3 Å². The predicted octanol–water partition coefficient (Wildman–Crippen LogP) is 3.20. The van der Waals surface area contributed by atoms with E-state index in [1.54, 1.807) is 35.2 Å². The molecule has 1 aromatic heterocycles. The highest BCUT2D eigenvalue weighted by Crippen LogP contribution is 2.20. The van der Waals surface area contributed by atoms with E-state index in [0.717, 1.165) is 5.39 Å². The fourth-order valence-electron chi connectivity index (χ4n) is 3.60. The molecule has 1 aliphatic heterocycles. The second-order valence-electron chi connectivity index (χ2n) is 7.41. The van der Waals surface area contributed by atoms with E-state index in [4.69, 9.17) is 11.6 Å². The number of nitrogens with one attached hydrogen (secondary N) is 2. The van der Waals surface area contributed by atoms with Crippen molar-refractivity contribution in [3.8, 4) is 0 Å². The van der Waals surface area contributed by atoms with Crippen LogP contribution in [0.25, 0.3) is 10.9 Å². The highest BCUT2D eigenvalue weighted by Gasteiger charge is 2.28. The minimum absolute atomic E-state index is 0.0776. The molecule has 2 N–H and O–H groups in total. The third-order valence-electron chi connectivity index (χ3n) is 5.37. The van der Waals surface area contributed by atoms with Crippen LogP contribution in [0.1, 0.15) is 33.7 Å². The number of halogens is 1. The molecule has 4 rings (SSSR count). The summed E-state index contributed by atoms with van der Waals surface area (Å²) in [5, 5.41) is 1.51. The molecule has 3 amide bonds. The molecule has 1 saturated heterocycles. The van der Waals surface area contributed by atoms with Crippen molar-refractivity contribution in [2.75, 3.05) is 13.1 Å². The number of hydrogen-bond acceptors (Lipinski definition) is 4. The molecule has 0 aliphatic carbocycles. The monoisotopic (exact) mass is 436 g/mol. The normalized spacial score (nSPS) is 14.3. The summed E-state index contributed by atoms with van der Waals surface area (Å²) in [6.45, 7) is 0.944. The first kappa shape index (κ1) is 20.8. The van der Waals surface area contributed by atoms with E-state index in [0.29, 0.717) is 42.0 Å². The van der Waals surface area contributed by atoms with E-state index in [2.05, 4.69) is 15.8 Å². The van der Waals surface area contributed by atoms with Crippen molar-refractivity contribution in [2.24, 2.45) is 5.92 Å². The molecule has 158 valence electrons. The number of pyridine rings is 1. The lowest BCUT2D eigenvalue weighted by Crippen LogP contribution is -2.48. The molecular formula is C23H21ClN4O3. The quantitative estimate of drug-likeness (QED) is 0.617. The number of fused-ring (bicyclic) bond motifs is 1. The maximum absolute atomic E-state index is 12.6. The molecule has 8 heteroatoms. The average molecular weight is 437 g/mol. The number of aromatic nitrogens is 1. The minimum atomic E-state index is -0.477. The van der Waals surface area contributed by atoms with Gasteiger partial charge < -0.3 is 4.90 Å². The minimum Gasteiger partial charge on any atom is -0.339 e. The molecule has 1 fully saturated rings. The van der Waals surface area contributed by atoms with Crippen LogP contribution in [0.2, 0.25) is 5.02 Å². The molecule has 0 spiro atoms. The van der Waals surface area contributed by atoms with Crippen LogP contribution < -0.4 is 10.9 Å². The zero-order chi connectivity index (χ0) is 21.8. The van der Waals surface area contributed by atoms with Crippen LogP contribution >= 0.6 is 11.6 Å². The van der Waals surface area contributed by atoms with E-state index >= 15 is 0 Å². The van der Waals surface area contributed by atoms with Crippen LogP contribution in [0.4, 0.5) is 0 Å². The Hall–Kier alpha value is -3.45. The first-order valence-corrected chi connectivity index (χ1v) is 10.4. The number of carbonyl (C=O) groups excluding carboxylic acids is 3. The lowest BCUT2D eigenvalue weighted by molar-refractivity contribution is -0.127. The molecule has 7 nitrogen and oxygen atoms in total. The number of hydrogen-bond donors (Lipinski definition) is 2. The Balaban J connectivity index is 1.28. The van der Waals surface area contributed by atoms with E-state index < -0.39 is 5.91 Å². The summed E-state index contributed by atoms with van der Waals surface area (Å²) >= 11 is 5.87. The van der Waals surface area contributed by atoms with Crippen molar-refractivity contribution in [1.82, 2.24) is 20.7 Å². The molecule has 0 atom stereocenters. The number of likely N-dealkylation sites (tertiary alicyclic amines) is 1. The molecule has 2 heterocycles. The molecule has 0 saturated carbocycles. The van der Waals surface area contributed by atoms with Crippen LogP contribution in [0.3, 0.4) is 0 Å². The molecule has 0 bridgehead atoms. The Morgan fingerprint density at radius 1 is 0.903 bits per heavy atom. The topological polar surface area (TPSA) is 91.4 Å². The van der Waals surface area contributed by atoms with Crippen LogP contribution in [-0.2, 0) is 4.79 Å². The Labute approximate surface area is 184 Å². The van der Waals surface area contributed by atoms with Gasteiger partial charge in [-0.15, -0.1) is 0 Å². The summed E-state index contributed by atoms with van der Waals surface area (Å²) in [4.78, 5) is 43.4. The van der Waals surface area contributed by atoms with Gasteiger partial charge in [0.05, 0.1) is 5.52 Å². The van der Waals surface area contributed by atoms with Gasteiger partial charge in [0.25, 0.3) is 11.8 Å². The van der Waals surface area contributed by atoms with Gasteiger partial charge >= 0.3 is 0 Å². The Morgan fingerprint density at radius 3 is 2.35 bits per heavy atom. The van der Waals surface area contributed by atoms with Gasteiger partial charge in [-0.1, -0.05) is 35.9 Å². The maximum atomic E-state index is 12.6. The molecule has 0 radical (unpaired) electrons. The second-order valence-corrected chi connectivity index (χ2v) is 7.84. The van der Waals surface area contributed by atoms with Crippen molar-refractivity contribution >= 4 is 40.2 Å². The second kappa shape index (κ2) is 9.14. The smallest absolute Gasteiger partial charge is 0.288 e. The summed E-state index contributed by atoms with van der Waals surface area (Å²) in [6.07, 6.45) is 1.05. The third-order valence-corrected chi connectivity index (χ3v) is 5.63. The molecule has 31 heavy (non-hydrogen) atoms. The number of piperidine rings is 1. The number of para-hydroxylation sites is 1. The van der Waals surface area contributed by atoms with Crippen molar-refractivity contribution in [2.45, 2.75) is 12.8 Å². The Bertz CT molecular complexity index is 1130. The number of nitrogens with zero attached hydrogens (tertiary/aromatic N) is 2. The van der Waals surface area contributed by atoms with Crippen molar-refractivity contribution in [3.63, 3.8) is 0 Å². The van der Waals surface area contributed by atoms with Crippen molar-refractivity contribution in [1.29, 1.82) is 0 Å². The van der Waals surface area contributed by atoms with Gasteiger partial charge in [-0.3, -0.25) is 25.2 Å². The molecule has 2 aromatic carbocycles. The largest absolute Gasteiger partial charge is 0.339 e. The van der Waals surface area contributed by atoms with E-state index in [-0.39, 0.29) is 23.4 Å². The van der Waals surface area contributed by atoms with Gasteiger partial charge in [-0.25, -0.2) is 4.98 Å². The zero-order valence-corrected chi connectivity index (χ0v) is 17.4. The Morgan fingerprint density at radius 2 is 1.61 bits per heavy atom. The SMILES string of the molecule is O=C(NNC(=O)C1CCN(C(=O)c2ccc(Cl)cc2)CC1)c1ccc2ccccc2n1. The summed E-state index contributed by atoms with van der Waals surface area (Å²) in [5.74, 6) is -1.10. The van der Waals surface area contributed by atoms with Gasteiger partial charge in [0, 0.05) is 35.0 Å². The third kappa shape index (κ3) is 4.83. The molecule has 1 aliphatic rings. The fraction of sp³-hybridized carbons (Fsp3) is 0.217. The van der Waals surface area contributed by atoms with Crippen LogP contribution in [0.15, 0.2) is 60.7 Å². The predicted molar refractivity (Wildman–Crippen MR) is 117 cm³/mol. The number of amides is 3. The number of benzene rings is 2. The van der Waals surface area contributed by atoms with Gasteiger partial charge in [0.1, 0.15) is 5.69 Å². The highest BCUT2D eigenvalue weighted by molar-refractivity contribution is 6.30. The summed E-state index contributed by atoms with van der Waals surface area (Å²) in [7, 11) is 0. The summed E-state index contributed by atoms with van der Waals surface area (Å²) < 4.78 is 0. The zero-order valence-electron chi connectivity index (χ0n) is 16.7. The van der Waals surface area contributed by atoms with Crippen LogP contribution in [-0.4, -0.2) is 40.7 Å². The maximum Gasteiger partial charge on any atom is 0.288 e. The van der Waals surface area contributed by atoms with Gasteiger partial charge in [-0.2, -0.15) is 0 Å². The van der Waals surface area contributed by atoms with Gasteiger partial charge in [0.15, 0.2) is 0 Å². The first-order chi connectivity index (χ1) is 15.0. The first-order valence-electron chi connectivity index (χ1n) is 10.0. The fourth-order valence-corrected chi connectivity index (χ4v) is 3.72. The van der Waals surface area contributed by atoms with Gasteiger partial charge in [0.2, 0.25) is 5.91 Å². The van der Waals surface area contributed by atoms with E-state index in [9.17, 15) is 14.4 Å². The molecule has 3 aromatic rings. The van der Waals surface area contributed by atoms with Crippen LogP contribution in [0, 0.1) is 5.92 Å². The van der Waals surface area contributed by atoms with Gasteiger partial charge in [-0.05, 0) is 49.2 Å². The number of carbonyl (C=O) groups is 3. The molecule has 0 unspecified atom stereocenters. The van der Waals surface area contributed by atoms with Crippen LogP contribution in [0.5, 0.6) is 0 Å². The average Bonchev–Trinajstić information content (AvgIpc) is 2.82. The lowest BCUT2D eigenvalue weighted by atomic mass is 9.95. The van der Waals surface area contributed by atoms with Crippen molar-refractivity contribution < 1.29 is 14.4 Å².